The number of aromatic nitrogens is 1. The summed E-state index contributed by atoms with van der Waals surface area (Å²) in [6.07, 6.45) is 0. The first-order valence-electron chi connectivity index (χ1n) is 23.3. The fourth-order valence-corrected chi connectivity index (χ4v) is 13.4. The van der Waals surface area contributed by atoms with Crippen molar-refractivity contribution in [1.82, 2.24) is 15.2 Å². The molecule has 4 heterocycles. The van der Waals surface area contributed by atoms with Crippen LogP contribution >= 0.6 is 34.4 Å². The molecular weight excluding hydrogens is 1040 g/mol. The molecule has 0 saturated carbocycles. The SMILES string of the molecule is COc1ccc(COC(=O)C2=C(CSc3cc(=O)c4ccc(F)cc4s3)CS(=O)[C@H]3C(NC(=O)/C(=N\OCC(=O)OC(C)(C)C)c4csc(NC(c5ccccc5)(c5ccccc5)c5ccccc5)n4)C(=O)N23)cc1. The molecule has 384 valence electrons. The van der Waals surface area contributed by atoms with Crippen LogP contribution in [0.3, 0.4) is 0 Å². The topological polar surface area (TPSA) is 192 Å². The summed E-state index contributed by atoms with van der Waals surface area (Å²) in [5.41, 5.74) is 0.868. The van der Waals surface area contributed by atoms with Crippen LogP contribution in [0.15, 0.2) is 170 Å². The standard InChI is InChI=1S/C55H48FN5O10S4/c1-54(2,3)71-44(63)29-70-60-46(41-31-73-53(57-41)59-55(35-14-8-5-9-15-35,36-16-10-6-11-17-36)37-18-12-7-13-19-37)49(64)58-47-50(65)61-48(52(66)69-28-33-20-23-39(68-4)24-21-33)34(32-75(67)51(47)61)30-72-45-27-42(62)40-25-22-38(56)26-43(40)74-45/h5-27,31,47,51H,28-30,32H2,1-4H3,(H,57,59)(H,58,64)/b60-46-/t47?,51-,75?/m0/s1. The summed E-state index contributed by atoms with van der Waals surface area (Å²) in [4.78, 5) is 80.4. The maximum atomic E-state index is 14.6. The molecule has 20 heteroatoms. The van der Waals surface area contributed by atoms with Crippen molar-refractivity contribution in [2.75, 3.05) is 30.5 Å². The summed E-state index contributed by atoms with van der Waals surface area (Å²) < 4.78 is 45.9. The second-order valence-corrected chi connectivity index (χ2v) is 22.9. The number of hydrogen-bond acceptors (Lipinski definition) is 16. The van der Waals surface area contributed by atoms with Crippen molar-refractivity contribution in [3.05, 3.63) is 200 Å². The number of methoxy groups -OCH3 is 1. The van der Waals surface area contributed by atoms with E-state index < -0.39 is 75.2 Å². The van der Waals surface area contributed by atoms with Gasteiger partial charge < -0.3 is 29.7 Å². The maximum Gasteiger partial charge on any atom is 0.355 e. The molecule has 2 aromatic heterocycles. The number of benzene rings is 5. The van der Waals surface area contributed by atoms with E-state index in [4.69, 9.17) is 24.0 Å². The molecule has 2 amide bonds. The van der Waals surface area contributed by atoms with E-state index in [1.54, 1.807) is 50.4 Å². The lowest BCUT2D eigenvalue weighted by Crippen LogP contribution is -2.74. The van der Waals surface area contributed by atoms with Gasteiger partial charge in [0.15, 0.2) is 16.3 Å². The van der Waals surface area contributed by atoms with Crippen molar-refractivity contribution in [3.8, 4) is 5.75 Å². The zero-order valence-corrected chi connectivity index (χ0v) is 44.0. The van der Waals surface area contributed by atoms with Crippen molar-refractivity contribution < 1.29 is 46.8 Å². The Morgan fingerprint density at radius 2 is 1.52 bits per heavy atom. The third-order valence-electron chi connectivity index (χ3n) is 11.9. The molecule has 0 spiro atoms. The summed E-state index contributed by atoms with van der Waals surface area (Å²) in [6.45, 7) is 4.20. The van der Waals surface area contributed by atoms with Crippen molar-refractivity contribution in [2.45, 2.75) is 54.1 Å². The number of carbonyl (C=O) groups is 4. The molecule has 0 radical (unpaired) electrons. The highest BCUT2D eigenvalue weighted by atomic mass is 32.2. The average molecular weight is 1090 g/mol. The van der Waals surface area contributed by atoms with Gasteiger partial charge in [0.1, 0.15) is 52.1 Å². The Kier molecular flexibility index (Phi) is 15.7. The predicted molar refractivity (Wildman–Crippen MR) is 287 cm³/mol. The van der Waals surface area contributed by atoms with Crippen LogP contribution in [0.2, 0.25) is 0 Å². The third kappa shape index (κ3) is 11.6. The van der Waals surface area contributed by atoms with E-state index in [9.17, 15) is 32.6 Å². The van der Waals surface area contributed by atoms with E-state index in [0.29, 0.717) is 36.3 Å². The lowest BCUT2D eigenvalue weighted by Gasteiger charge is -2.49. The largest absolute Gasteiger partial charge is 0.497 e. The monoisotopic (exact) mass is 1090 g/mol. The minimum absolute atomic E-state index is 0.00902. The second-order valence-electron chi connectivity index (χ2n) is 18.1. The fourth-order valence-electron chi connectivity index (χ4n) is 8.54. The van der Waals surface area contributed by atoms with E-state index in [-0.39, 0.29) is 34.9 Å². The van der Waals surface area contributed by atoms with Crippen LogP contribution in [0.5, 0.6) is 5.75 Å². The van der Waals surface area contributed by atoms with Gasteiger partial charge in [-0.15, -0.1) is 34.4 Å². The molecule has 75 heavy (non-hydrogen) atoms. The number of carbonyl (C=O) groups excluding carboxylic acids is 4. The number of amides is 2. The number of nitrogens with one attached hydrogen (secondary N) is 2. The van der Waals surface area contributed by atoms with Crippen molar-refractivity contribution in [1.29, 1.82) is 0 Å². The van der Waals surface area contributed by atoms with Gasteiger partial charge >= 0.3 is 11.9 Å². The van der Waals surface area contributed by atoms with Gasteiger partial charge in [0.05, 0.1) is 27.9 Å². The van der Waals surface area contributed by atoms with Crippen LogP contribution in [0.4, 0.5) is 9.52 Å². The predicted octanol–water partition coefficient (Wildman–Crippen LogP) is 8.54. The van der Waals surface area contributed by atoms with Gasteiger partial charge in [0.2, 0.25) is 6.61 Å². The highest BCUT2D eigenvalue weighted by molar-refractivity contribution is 8.01. The fraction of sp³-hybridized carbons (Fsp3) is 0.218. The van der Waals surface area contributed by atoms with Gasteiger partial charge in [-0.2, -0.15) is 0 Å². The number of fused-ring (bicyclic) bond motifs is 2. The molecule has 0 bridgehead atoms. The second kappa shape index (κ2) is 22.5. The zero-order valence-electron chi connectivity index (χ0n) is 40.8. The highest BCUT2D eigenvalue weighted by Gasteiger charge is 2.57. The molecule has 15 nitrogen and oxygen atoms in total. The lowest BCUT2D eigenvalue weighted by atomic mass is 9.77. The number of β-lactam (4-membered cyclic amide) rings is 1. The number of hydrogen-bond donors (Lipinski definition) is 2. The molecule has 2 N–H and O–H groups in total. The van der Waals surface area contributed by atoms with Crippen LogP contribution in [0, 0.1) is 5.82 Å². The Bertz CT molecular complexity index is 3330. The average Bonchev–Trinajstić information content (AvgIpc) is 3.87. The molecular formula is C55H48FN5O10S4. The summed E-state index contributed by atoms with van der Waals surface area (Å²) in [6, 6.07) is 40.1. The van der Waals surface area contributed by atoms with E-state index in [2.05, 4.69) is 15.8 Å². The van der Waals surface area contributed by atoms with Crippen molar-refractivity contribution in [2.24, 2.45) is 5.16 Å². The number of thioether (sulfide) groups is 1. The lowest BCUT2D eigenvalue weighted by molar-refractivity contribution is -0.160. The number of halogens is 1. The first kappa shape index (κ1) is 52.3. The summed E-state index contributed by atoms with van der Waals surface area (Å²) in [7, 11) is -0.378. The van der Waals surface area contributed by atoms with Gasteiger partial charge in [-0.1, -0.05) is 108 Å². The number of rotatable bonds is 18. The van der Waals surface area contributed by atoms with Crippen LogP contribution in [0.1, 0.15) is 48.7 Å². The quantitative estimate of drug-likeness (QED) is 0.0208. The number of ether oxygens (including phenoxy) is 3. The molecule has 9 rings (SSSR count). The highest BCUT2D eigenvalue weighted by Crippen LogP contribution is 2.42. The van der Waals surface area contributed by atoms with Gasteiger partial charge in [-0.3, -0.25) is 23.5 Å². The van der Waals surface area contributed by atoms with Gasteiger partial charge in [-0.25, -0.2) is 19.0 Å². The summed E-state index contributed by atoms with van der Waals surface area (Å²) in [5.74, 6) is -3.48. The minimum Gasteiger partial charge on any atom is -0.497 e. The molecule has 3 atom stereocenters. The number of nitrogens with zero attached hydrogens (tertiary/aromatic N) is 3. The Morgan fingerprint density at radius 1 is 0.880 bits per heavy atom. The first-order valence-corrected chi connectivity index (χ1v) is 27.4. The molecule has 0 aliphatic carbocycles. The van der Waals surface area contributed by atoms with Crippen LogP contribution in [0.25, 0.3) is 10.1 Å². The smallest absolute Gasteiger partial charge is 0.355 e. The van der Waals surface area contributed by atoms with Crippen LogP contribution in [-0.4, -0.2) is 85.8 Å². The minimum atomic E-state index is -1.90. The van der Waals surface area contributed by atoms with Gasteiger partial charge in [0.25, 0.3) is 11.8 Å². The number of thiazole rings is 1. The molecule has 1 fully saturated rings. The van der Waals surface area contributed by atoms with Crippen molar-refractivity contribution >= 4 is 89.9 Å². The van der Waals surface area contributed by atoms with E-state index in [0.717, 1.165) is 33.4 Å². The molecule has 2 aliphatic rings. The maximum absolute atomic E-state index is 14.6. The number of anilines is 1. The number of oxime groups is 1. The molecule has 5 aromatic carbocycles. The Labute approximate surface area is 445 Å². The number of esters is 2. The Balaban J connectivity index is 1.02. The molecule has 2 unspecified atom stereocenters. The summed E-state index contributed by atoms with van der Waals surface area (Å²) >= 11 is 3.50. The van der Waals surface area contributed by atoms with E-state index in [1.165, 1.54) is 54.0 Å². The van der Waals surface area contributed by atoms with Gasteiger partial charge in [-0.05, 0) is 78.9 Å². The van der Waals surface area contributed by atoms with E-state index >= 15 is 0 Å². The van der Waals surface area contributed by atoms with E-state index in [1.807, 2.05) is 91.0 Å². The van der Waals surface area contributed by atoms with Gasteiger partial charge in [0, 0.05) is 27.3 Å². The Hall–Kier alpha value is -7.52. The molecule has 2 aliphatic heterocycles. The molecule has 7 aromatic rings. The van der Waals surface area contributed by atoms with Crippen molar-refractivity contribution in [3.63, 3.8) is 0 Å². The normalized spacial score (nSPS) is 16.7. The zero-order chi connectivity index (χ0) is 52.9. The third-order valence-corrected chi connectivity index (χ3v) is 16.7. The Morgan fingerprint density at radius 3 is 2.13 bits per heavy atom. The molecule has 1 saturated heterocycles. The van der Waals surface area contributed by atoms with Crippen LogP contribution < -0.4 is 20.8 Å². The summed E-state index contributed by atoms with van der Waals surface area (Å²) in [5, 5.41) is 11.5. The van der Waals surface area contributed by atoms with Crippen LogP contribution in [-0.2, 0) is 56.4 Å². The first-order chi connectivity index (χ1) is 36.1.